The summed E-state index contributed by atoms with van der Waals surface area (Å²) in [5.41, 5.74) is 0. The van der Waals surface area contributed by atoms with Gasteiger partial charge in [0.05, 0.1) is 0 Å². The number of carbonyl (C=O) groups is 3. The lowest BCUT2D eigenvalue weighted by Gasteiger charge is -2.18. The van der Waals surface area contributed by atoms with E-state index in [0.717, 1.165) is 64.2 Å². The van der Waals surface area contributed by atoms with E-state index >= 15 is 0 Å². The van der Waals surface area contributed by atoms with Crippen molar-refractivity contribution < 1.29 is 28.6 Å². The van der Waals surface area contributed by atoms with Gasteiger partial charge in [0.1, 0.15) is 13.2 Å². The molecule has 0 rings (SSSR count). The molecule has 0 spiro atoms. The van der Waals surface area contributed by atoms with Crippen LogP contribution in [0, 0.1) is 0 Å². The summed E-state index contributed by atoms with van der Waals surface area (Å²) >= 11 is 0. The molecule has 0 amide bonds. The summed E-state index contributed by atoms with van der Waals surface area (Å²) in [5.74, 6) is -0.849. The normalized spacial score (nSPS) is 12.2. The van der Waals surface area contributed by atoms with Crippen molar-refractivity contribution in [3.8, 4) is 0 Å². The molecule has 0 N–H and O–H groups in total. The van der Waals surface area contributed by atoms with Crippen LogP contribution in [0.25, 0.3) is 0 Å². The molecule has 0 heterocycles. The van der Waals surface area contributed by atoms with Crippen molar-refractivity contribution in [3.05, 3.63) is 36.5 Å². The van der Waals surface area contributed by atoms with Crippen LogP contribution in [0.4, 0.5) is 0 Å². The van der Waals surface area contributed by atoms with Crippen molar-refractivity contribution in [1.82, 2.24) is 0 Å². The van der Waals surface area contributed by atoms with Crippen molar-refractivity contribution in [2.75, 3.05) is 13.2 Å². The first-order valence-electron chi connectivity index (χ1n) is 34.0. The molecule has 0 aliphatic carbocycles. The van der Waals surface area contributed by atoms with Crippen LogP contribution in [-0.4, -0.2) is 37.2 Å². The molecule has 446 valence electrons. The van der Waals surface area contributed by atoms with Crippen molar-refractivity contribution in [1.29, 1.82) is 0 Å². The van der Waals surface area contributed by atoms with Gasteiger partial charge in [-0.1, -0.05) is 314 Å². The highest BCUT2D eigenvalue weighted by Gasteiger charge is 2.19. The van der Waals surface area contributed by atoms with Gasteiger partial charge in [-0.3, -0.25) is 14.4 Å². The van der Waals surface area contributed by atoms with Gasteiger partial charge in [-0.2, -0.15) is 0 Å². The van der Waals surface area contributed by atoms with Crippen LogP contribution >= 0.6 is 0 Å². The van der Waals surface area contributed by atoms with E-state index in [4.69, 9.17) is 14.2 Å². The highest BCUT2D eigenvalue weighted by Crippen LogP contribution is 2.18. The average molecular weight is 1070 g/mol. The SMILES string of the molecule is CCCCCCC/C=C\C/C=C\CCCCCCCCCCCCCCCCCC(=O)OCC(COC(=O)CCCCCCCCCC)OC(=O)CCCCCCCCCCCCC/C=C\CCCCCCCCCC. The van der Waals surface area contributed by atoms with E-state index in [2.05, 4.69) is 57.2 Å². The minimum absolute atomic E-state index is 0.0678. The second-order valence-corrected chi connectivity index (χ2v) is 23.1. The van der Waals surface area contributed by atoms with Crippen LogP contribution in [0.3, 0.4) is 0 Å². The Balaban J connectivity index is 4.09. The van der Waals surface area contributed by atoms with Crippen LogP contribution in [-0.2, 0) is 28.6 Å². The summed E-state index contributed by atoms with van der Waals surface area (Å²) < 4.78 is 16.9. The standard InChI is InChI=1S/C70H130O6/c1-4-7-10-13-16-19-21-23-25-27-29-31-33-34-35-36-38-39-41-43-45-47-49-51-54-57-60-63-69(72)75-66-67(65-74-68(71)62-59-56-53-18-15-12-9-6-3)76-70(73)64-61-58-55-52-50-48-46-44-42-40-37-32-30-28-26-24-22-20-17-14-11-8-5-2/h21,23,27-30,67H,4-20,22,24-26,31-66H2,1-3H3/b23-21-,29-27-,30-28-. The molecule has 0 aromatic carbocycles. The molecule has 0 bridgehead atoms. The van der Waals surface area contributed by atoms with E-state index in [0.29, 0.717) is 19.3 Å². The third-order valence-corrected chi connectivity index (χ3v) is 15.4. The number of unbranched alkanes of at least 4 members (excludes halogenated alkanes) is 46. The number of allylic oxidation sites excluding steroid dienone is 6. The fourth-order valence-electron chi connectivity index (χ4n) is 10.2. The summed E-state index contributed by atoms with van der Waals surface area (Å²) in [6.45, 7) is 6.66. The Labute approximate surface area is 474 Å². The van der Waals surface area contributed by atoms with E-state index in [1.54, 1.807) is 0 Å². The number of hydrogen-bond acceptors (Lipinski definition) is 6. The summed E-state index contributed by atoms with van der Waals surface area (Å²) in [4.78, 5) is 38.2. The van der Waals surface area contributed by atoms with Gasteiger partial charge in [0.2, 0.25) is 0 Å². The van der Waals surface area contributed by atoms with Crippen LogP contribution < -0.4 is 0 Å². The Kier molecular flexibility index (Phi) is 63.1. The molecule has 0 aliphatic heterocycles. The maximum Gasteiger partial charge on any atom is 0.306 e. The molecule has 0 saturated carbocycles. The summed E-state index contributed by atoms with van der Waals surface area (Å²) in [5, 5.41) is 0. The number of ether oxygens (including phenoxy) is 3. The van der Waals surface area contributed by atoms with Gasteiger partial charge >= 0.3 is 17.9 Å². The predicted octanol–water partition coefficient (Wildman–Crippen LogP) is 23.2. The minimum atomic E-state index is -0.769. The van der Waals surface area contributed by atoms with E-state index in [-0.39, 0.29) is 31.1 Å². The molecule has 0 radical (unpaired) electrons. The lowest BCUT2D eigenvalue weighted by atomic mass is 10.0. The fourth-order valence-corrected chi connectivity index (χ4v) is 10.2. The zero-order chi connectivity index (χ0) is 55.0. The summed E-state index contributed by atoms with van der Waals surface area (Å²) in [7, 11) is 0. The third kappa shape index (κ3) is 62.5. The van der Waals surface area contributed by atoms with Gasteiger partial charge in [0.25, 0.3) is 0 Å². The second kappa shape index (κ2) is 65.2. The summed E-state index contributed by atoms with van der Waals surface area (Å²) in [6.07, 6.45) is 80.4. The van der Waals surface area contributed by atoms with Crippen LogP contribution in [0.2, 0.25) is 0 Å². The van der Waals surface area contributed by atoms with E-state index in [9.17, 15) is 14.4 Å². The Morgan fingerprint density at radius 3 is 0.737 bits per heavy atom. The lowest BCUT2D eigenvalue weighted by molar-refractivity contribution is -0.167. The lowest BCUT2D eigenvalue weighted by Crippen LogP contribution is -2.30. The fraction of sp³-hybridized carbons (Fsp3) is 0.871. The van der Waals surface area contributed by atoms with Gasteiger partial charge < -0.3 is 14.2 Å². The van der Waals surface area contributed by atoms with Crippen LogP contribution in [0.5, 0.6) is 0 Å². The molecule has 76 heavy (non-hydrogen) atoms. The van der Waals surface area contributed by atoms with Gasteiger partial charge in [0.15, 0.2) is 6.10 Å². The molecular formula is C70H130O6. The van der Waals surface area contributed by atoms with Gasteiger partial charge in [-0.05, 0) is 77.0 Å². The third-order valence-electron chi connectivity index (χ3n) is 15.4. The van der Waals surface area contributed by atoms with Crippen LogP contribution in [0.1, 0.15) is 374 Å². The molecule has 0 fully saturated rings. The molecule has 0 aromatic heterocycles. The molecule has 6 nitrogen and oxygen atoms in total. The molecule has 1 unspecified atom stereocenters. The maximum absolute atomic E-state index is 12.9. The first-order chi connectivity index (χ1) is 37.5. The zero-order valence-corrected chi connectivity index (χ0v) is 51.3. The number of rotatable bonds is 63. The quantitative estimate of drug-likeness (QED) is 0.0261. The Morgan fingerprint density at radius 2 is 0.474 bits per heavy atom. The van der Waals surface area contributed by atoms with Gasteiger partial charge in [-0.25, -0.2) is 0 Å². The van der Waals surface area contributed by atoms with Crippen LogP contribution in [0.15, 0.2) is 36.5 Å². The topological polar surface area (TPSA) is 78.9 Å². The van der Waals surface area contributed by atoms with Gasteiger partial charge in [-0.15, -0.1) is 0 Å². The predicted molar refractivity (Wildman–Crippen MR) is 330 cm³/mol. The smallest absolute Gasteiger partial charge is 0.306 e. The van der Waals surface area contributed by atoms with E-state index in [1.165, 1.54) is 270 Å². The second-order valence-electron chi connectivity index (χ2n) is 23.1. The average Bonchev–Trinajstić information content (AvgIpc) is 3.42. The summed E-state index contributed by atoms with van der Waals surface area (Å²) in [6, 6.07) is 0. The van der Waals surface area contributed by atoms with E-state index in [1.807, 2.05) is 0 Å². The largest absolute Gasteiger partial charge is 0.462 e. The minimum Gasteiger partial charge on any atom is -0.462 e. The Bertz CT molecular complexity index is 1270. The maximum atomic E-state index is 12.9. The van der Waals surface area contributed by atoms with Gasteiger partial charge in [0, 0.05) is 19.3 Å². The Hall–Kier alpha value is -2.37. The highest BCUT2D eigenvalue weighted by atomic mass is 16.6. The van der Waals surface area contributed by atoms with Crippen molar-refractivity contribution in [2.45, 2.75) is 380 Å². The Morgan fingerprint density at radius 1 is 0.263 bits per heavy atom. The van der Waals surface area contributed by atoms with Crippen molar-refractivity contribution in [2.24, 2.45) is 0 Å². The van der Waals surface area contributed by atoms with E-state index < -0.39 is 6.10 Å². The highest BCUT2D eigenvalue weighted by molar-refractivity contribution is 5.71. The molecule has 6 heteroatoms. The zero-order valence-electron chi connectivity index (χ0n) is 51.3. The molecular weight excluding hydrogens is 937 g/mol. The van der Waals surface area contributed by atoms with Crippen molar-refractivity contribution >= 4 is 17.9 Å². The number of hydrogen-bond donors (Lipinski definition) is 0. The molecule has 0 aliphatic rings. The monoisotopic (exact) mass is 1070 g/mol. The number of carbonyl (C=O) groups excluding carboxylic acids is 3. The molecule has 0 aromatic rings. The number of esters is 3. The molecule has 1 atom stereocenters. The first-order valence-corrected chi connectivity index (χ1v) is 34.0. The first kappa shape index (κ1) is 73.6. The van der Waals surface area contributed by atoms with Crippen molar-refractivity contribution in [3.63, 3.8) is 0 Å². The molecule has 0 saturated heterocycles.